The van der Waals surface area contributed by atoms with E-state index in [-0.39, 0.29) is 23.0 Å². The molecule has 1 fully saturated rings. The topological polar surface area (TPSA) is 63.7 Å². The minimum absolute atomic E-state index is 0.0255. The van der Waals surface area contributed by atoms with Gasteiger partial charge in [-0.25, -0.2) is 8.42 Å². The number of piperidine rings is 1. The van der Waals surface area contributed by atoms with Gasteiger partial charge in [0.1, 0.15) is 5.75 Å². The lowest BCUT2D eigenvalue weighted by molar-refractivity contribution is -0.132. The third kappa shape index (κ3) is 5.35. The number of likely N-dealkylation sites (tertiary alicyclic amines) is 1. The van der Waals surface area contributed by atoms with Crippen LogP contribution in [-0.2, 0) is 21.1 Å². The first-order valence-electron chi connectivity index (χ1n) is 9.66. The summed E-state index contributed by atoms with van der Waals surface area (Å²) in [5, 5.41) is 0. The maximum absolute atomic E-state index is 12.5. The molecule has 5 nitrogen and oxygen atoms in total. The smallest absolute Gasteiger partial charge is 0.223 e. The number of sulfone groups is 1. The van der Waals surface area contributed by atoms with E-state index < -0.39 is 9.84 Å². The Morgan fingerprint density at radius 3 is 2.29 bits per heavy atom. The van der Waals surface area contributed by atoms with Gasteiger partial charge in [-0.3, -0.25) is 4.79 Å². The number of hydrogen-bond acceptors (Lipinski definition) is 4. The Bertz CT molecular complexity index is 871. The fourth-order valence-electron chi connectivity index (χ4n) is 3.61. The molecule has 1 heterocycles. The van der Waals surface area contributed by atoms with Crippen molar-refractivity contribution >= 4 is 15.7 Å². The maximum Gasteiger partial charge on any atom is 0.223 e. The summed E-state index contributed by atoms with van der Waals surface area (Å²) in [5.41, 5.74) is 1.33. The summed E-state index contributed by atoms with van der Waals surface area (Å²) in [7, 11) is -1.94. The van der Waals surface area contributed by atoms with Crippen molar-refractivity contribution in [2.45, 2.75) is 30.6 Å². The predicted octanol–water partition coefficient (Wildman–Crippen LogP) is 3.34. The highest BCUT2D eigenvalue weighted by atomic mass is 32.2. The van der Waals surface area contributed by atoms with Gasteiger partial charge in [-0.05, 0) is 55.0 Å². The van der Waals surface area contributed by atoms with E-state index in [1.54, 1.807) is 12.1 Å². The summed E-state index contributed by atoms with van der Waals surface area (Å²) in [4.78, 5) is 14.5. The first-order valence-corrected chi connectivity index (χ1v) is 11.3. The Balaban J connectivity index is 1.47. The molecule has 0 unspecified atom stereocenters. The van der Waals surface area contributed by atoms with E-state index in [1.807, 2.05) is 11.0 Å². The molecule has 0 radical (unpaired) electrons. The van der Waals surface area contributed by atoms with Gasteiger partial charge >= 0.3 is 0 Å². The van der Waals surface area contributed by atoms with Crippen molar-refractivity contribution in [3.8, 4) is 5.75 Å². The predicted molar refractivity (Wildman–Crippen MR) is 109 cm³/mol. The van der Waals surface area contributed by atoms with Crippen molar-refractivity contribution < 1.29 is 17.9 Å². The van der Waals surface area contributed by atoms with Crippen molar-refractivity contribution in [3.05, 3.63) is 60.2 Å². The molecule has 1 aliphatic rings. The Morgan fingerprint density at radius 2 is 1.68 bits per heavy atom. The van der Waals surface area contributed by atoms with Gasteiger partial charge in [0.15, 0.2) is 9.84 Å². The zero-order valence-electron chi connectivity index (χ0n) is 16.2. The number of hydrogen-bond donors (Lipinski definition) is 0. The van der Waals surface area contributed by atoms with Crippen LogP contribution in [0.3, 0.4) is 0 Å². The van der Waals surface area contributed by atoms with Crippen LogP contribution in [0.4, 0.5) is 0 Å². The van der Waals surface area contributed by atoms with Gasteiger partial charge in [-0.1, -0.05) is 30.3 Å². The summed E-state index contributed by atoms with van der Waals surface area (Å²) in [6, 6.07) is 16.7. The Hall–Kier alpha value is -2.34. The van der Waals surface area contributed by atoms with E-state index in [0.29, 0.717) is 24.8 Å². The number of carbonyl (C=O) groups excluding carboxylic acids is 1. The average molecular weight is 402 g/mol. The highest BCUT2D eigenvalue weighted by Gasteiger charge is 2.24. The molecule has 6 heteroatoms. The SMILES string of the molecule is COc1ccc(S(=O)(=O)CCC(=O)N2CCC(Cc3ccccc3)CC2)cc1. The third-order valence-corrected chi connectivity index (χ3v) is 7.07. The zero-order chi connectivity index (χ0) is 20.0. The number of methoxy groups -OCH3 is 1. The first kappa shape index (κ1) is 20.4. The monoisotopic (exact) mass is 401 g/mol. The molecule has 1 saturated heterocycles. The summed E-state index contributed by atoms with van der Waals surface area (Å²) >= 11 is 0. The zero-order valence-corrected chi connectivity index (χ0v) is 17.0. The highest BCUT2D eigenvalue weighted by molar-refractivity contribution is 7.91. The lowest BCUT2D eigenvalue weighted by Crippen LogP contribution is -2.39. The van der Waals surface area contributed by atoms with Gasteiger partial charge in [0, 0.05) is 19.5 Å². The molecule has 3 rings (SSSR count). The molecule has 0 atom stereocenters. The maximum atomic E-state index is 12.5. The first-order chi connectivity index (χ1) is 13.5. The molecule has 0 aliphatic carbocycles. The molecule has 2 aromatic rings. The largest absolute Gasteiger partial charge is 0.497 e. The Morgan fingerprint density at radius 1 is 1.04 bits per heavy atom. The standard InChI is InChI=1S/C22H27NO4S/c1-27-20-7-9-21(10-8-20)28(25,26)16-13-22(24)23-14-11-19(12-15-23)17-18-5-3-2-4-6-18/h2-10,19H,11-17H2,1H3. The fraction of sp³-hybridized carbons (Fsp3) is 0.409. The van der Waals surface area contributed by atoms with Gasteiger partial charge in [0.05, 0.1) is 17.8 Å². The second kappa shape index (κ2) is 9.24. The van der Waals surface area contributed by atoms with Crippen LogP contribution in [0.2, 0.25) is 0 Å². The van der Waals surface area contributed by atoms with E-state index in [0.717, 1.165) is 19.3 Å². The Kier molecular flexibility index (Phi) is 6.73. The molecule has 28 heavy (non-hydrogen) atoms. The molecule has 1 aliphatic heterocycles. The van der Waals surface area contributed by atoms with Crippen molar-refractivity contribution in [2.24, 2.45) is 5.92 Å². The normalized spacial score (nSPS) is 15.4. The van der Waals surface area contributed by atoms with Crippen molar-refractivity contribution in [1.29, 1.82) is 0 Å². The minimum atomic E-state index is -3.47. The second-order valence-corrected chi connectivity index (χ2v) is 9.37. The van der Waals surface area contributed by atoms with Gasteiger partial charge in [0.2, 0.25) is 5.91 Å². The van der Waals surface area contributed by atoms with Crippen LogP contribution in [0.1, 0.15) is 24.8 Å². The van der Waals surface area contributed by atoms with Crippen LogP contribution in [0.25, 0.3) is 0 Å². The van der Waals surface area contributed by atoms with Crippen LogP contribution in [0, 0.1) is 5.92 Å². The minimum Gasteiger partial charge on any atom is -0.497 e. The van der Waals surface area contributed by atoms with E-state index in [9.17, 15) is 13.2 Å². The average Bonchev–Trinajstić information content (AvgIpc) is 2.73. The Labute approximate surface area is 167 Å². The quantitative estimate of drug-likeness (QED) is 0.714. The summed E-state index contributed by atoms with van der Waals surface area (Å²) in [6.07, 6.45) is 2.99. The van der Waals surface area contributed by atoms with Gasteiger partial charge in [-0.15, -0.1) is 0 Å². The fourth-order valence-corrected chi connectivity index (χ4v) is 4.84. The lowest BCUT2D eigenvalue weighted by atomic mass is 9.90. The number of nitrogens with zero attached hydrogens (tertiary/aromatic N) is 1. The van der Waals surface area contributed by atoms with Crippen LogP contribution >= 0.6 is 0 Å². The van der Waals surface area contributed by atoms with Crippen LogP contribution in [0.15, 0.2) is 59.5 Å². The van der Waals surface area contributed by atoms with Gasteiger partial charge in [0.25, 0.3) is 0 Å². The molecule has 0 bridgehead atoms. The number of ether oxygens (including phenoxy) is 1. The molecule has 0 saturated carbocycles. The highest BCUT2D eigenvalue weighted by Crippen LogP contribution is 2.23. The van der Waals surface area contributed by atoms with E-state index >= 15 is 0 Å². The summed E-state index contributed by atoms with van der Waals surface area (Å²) < 4.78 is 30.0. The molecule has 2 aromatic carbocycles. The molecule has 150 valence electrons. The van der Waals surface area contributed by atoms with Crippen molar-refractivity contribution in [1.82, 2.24) is 4.90 Å². The lowest BCUT2D eigenvalue weighted by Gasteiger charge is -2.32. The third-order valence-electron chi connectivity index (χ3n) is 5.34. The molecule has 0 spiro atoms. The van der Waals surface area contributed by atoms with E-state index in [4.69, 9.17) is 4.74 Å². The molecular formula is C22H27NO4S. The summed E-state index contributed by atoms with van der Waals surface area (Å²) in [5.74, 6) is 0.945. The number of carbonyl (C=O) groups is 1. The number of amides is 1. The molecule has 0 N–H and O–H groups in total. The van der Waals surface area contributed by atoms with Crippen LogP contribution in [0.5, 0.6) is 5.75 Å². The van der Waals surface area contributed by atoms with Gasteiger partial charge < -0.3 is 9.64 Å². The van der Waals surface area contributed by atoms with Gasteiger partial charge in [-0.2, -0.15) is 0 Å². The van der Waals surface area contributed by atoms with Crippen LogP contribution < -0.4 is 4.74 Å². The van der Waals surface area contributed by atoms with Crippen LogP contribution in [-0.4, -0.2) is 45.2 Å². The molecule has 0 aromatic heterocycles. The van der Waals surface area contributed by atoms with Crippen molar-refractivity contribution in [3.63, 3.8) is 0 Å². The number of benzene rings is 2. The summed E-state index contributed by atoms with van der Waals surface area (Å²) in [6.45, 7) is 1.41. The number of rotatable bonds is 7. The van der Waals surface area contributed by atoms with Crippen molar-refractivity contribution in [2.75, 3.05) is 26.0 Å². The van der Waals surface area contributed by atoms with E-state index in [1.165, 1.54) is 24.8 Å². The second-order valence-electron chi connectivity index (χ2n) is 7.26. The molecule has 1 amide bonds. The van der Waals surface area contributed by atoms with E-state index in [2.05, 4.69) is 24.3 Å². The molecular weight excluding hydrogens is 374 g/mol.